The van der Waals surface area contributed by atoms with Crippen molar-refractivity contribution in [3.05, 3.63) is 59.7 Å². The van der Waals surface area contributed by atoms with E-state index < -0.39 is 17.6 Å². The fraction of sp³-hybridized carbons (Fsp3) is 0.227. The molecule has 29 heavy (non-hydrogen) atoms. The summed E-state index contributed by atoms with van der Waals surface area (Å²) >= 11 is 0. The Bertz CT molecular complexity index is 955. The lowest BCUT2D eigenvalue weighted by Gasteiger charge is -2.19. The van der Waals surface area contributed by atoms with Gasteiger partial charge in [-0.25, -0.2) is 4.79 Å². The topological polar surface area (TPSA) is 96.5 Å². The van der Waals surface area contributed by atoms with Crippen LogP contribution in [-0.2, 0) is 4.74 Å². The summed E-state index contributed by atoms with van der Waals surface area (Å²) in [5.74, 6) is 1.50. The van der Waals surface area contributed by atoms with E-state index in [-0.39, 0.29) is 12.5 Å². The van der Waals surface area contributed by atoms with Crippen LogP contribution in [0, 0.1) is 12.3 Å². The van der Waals surface area contributed by atoms with Crippen LogP contribution in [0.15, 0.2) is 48.5 Å². The van der Waals surface area contributed by atoms with Crippen LogP contribution in [0.3, 0.4) is 0 Å². The van der Waals surface area contributed by atoms with Gasteiger partial charge in [-0.3, -0.25) is 14.9 Å². The van der Waals surface area contributed by atoms with Crippen LogP contribution >= 0.6 is 0 Å². The number of rotatable bonds is 5. The quantitative estimate of drug-likeness (QED) is 0.676. The minimum absolute atomic E-state index is 0.0828. The molecule has 0 heterocycles. The molecule has 150 valence electrons. The van der Waals surface area contributed by atoms with Crippen LogP contribution in [0.2, 0.25) is 0 Å². The van der Waals surface area contributed by atoms with E-state index in [0.717, 1.165) is 0 Å². The molecule has 0 fully saturated rings. The third kappa shape index (κ3) is 6.70. The number of ether oxygens (including phenoxy) is 1. The molecular weight excluding hydrogens is 370 g/mol. The minimum atomic E-state index is -0.636. The number of benzene rings is 2. The number of anilines is 2. The molecule has 3 N–H and O–H groups in total. The Morgan fingerprint density at radius 1 is 1.00 bits per heavy atom. The van der Waals surface area contributed by atoms with Gasteiger partial charge in [0.2, 0.25) is 0 Å². The standard InChI is InChI=1S/C22H23N3O4/c1-5-13-23-20(27)17-11-6-7-12-18(17)25-19(26)15-9-8-10-16(14-15)24-21(28)29-22(2,3)4/h1,6-12,14H,13H2,2-4H3,(H,23,27)(H,24,28)(H,25,26). The van der Waals surface area contributed by atoms with Gasteiger partial charge in [-0.1, -0.05) is 24.1 Å². The van der Waals surface area contributed by atoms with Crippen molar-refractivity contribution < 1.29 is 19.1 Å². The predicted octanol–water partition coefficient (Wildman–Crippen LogP) is 3.65. The molecular formula is C22H23N3O4. The Kier molecular flexibility index (Phi) is 6.99. The van der Waals surface area contributed by atoms with Crippen LogP contribution in [0.5, 0.6) is 0 Å². The number of hydrogen-bond acceptors (Lipinski definition) is 4. The van der Waals surface area contributed by atoms with Gasteiger partial charge in [0.15, 0.2) is 0 Å². The molecule has 0 aliphatic heterocycles. The summed E-state index contributed by atoms with van der Waals surface area (Å²) in [6, 6.07) is 13.0. The SMILES string of the molecule is C#CCNC(=O)c1ccccc1NC(=O)c1cccc(NC(=O)OC(C)(C)C)c1. The largest absolute Gasteiger partial charge is 0.444 e. The minimum Gasteiger partial charge on any atom is -0.444 e. The fourth-order valence-electron chi connectivity index (χ4n) is 2.37. The van der Waals surface area contributed by atoms with Crippen LogP contribution in [0.4, 0.5) is 16.2 Å². The van der Waals surface area contributed by atoms with E-state index >= 15 is 0 Å². The number of amides is 3. The summed E-state index contributed by atoms with van der Waals surface area (Å²) in [6.45, 7) is 5.36. The van der Waals surface area contributed by atoms with Crippen LogP contribution in [0.25, 0.3) is 0 Å². The van der Waals surface area contributed by atoms with Gasteiger partial charge in [0.25, 0.3) is 11.8 Å². The number of nitrogens with one attached hydrogen (secondary N) is 3. The van der Waals surface area contributed by atoms with E-state index in [1.54, 1.807) is 63.2 Å². The Morgan fingerprint density at radius 3 is 2.41 bits per heavy atom. The predicted molar refractivity (Wildman–Crippen MR) is 112 cm³/mol. The summed E-state index contributed by atoms with van der Waals surface area (Å²) in [5.41, 5.74) is 0.712. The number of carbonyl (C=O) groups is 3. The highest BCUT2D eigenvalue weighted by atomic mass is 16.6. The molecule has 7 heteroatoms. The molecule has 0 atom stereocenters. The molecule has 0 aliphatic rings. The molecule has 0 unspecified atom stereocenters. The smallest absolute Gasteiger partial charge is 0.412 e. The van der Waals surface area contributed by atoms with Crippen molar-refractivity contribution in [2.24, 2.45) is 0 Å². The molecule has 0 saturated heterocycles. The second-order valence-corrected chi connectivity index (χ2v) is 7.09. The Hall–Kier alpha value is -3.79. The summed E-state index contributed by atoms with van der Waals surface area (Å²) in [4.78, 5) is 36.8. The van der Waals surface area contributed by atoms with E-state index in [9.17, 15) is 14.4 Å². The Labute approximate surface area is 169 Å². The van der Waals surface area contributed by atoms with Gasteiger partial charge in [0, 0.05) is 11.3 Å². The molecule has 0 aromatic heterocycles. The zero-order valence-electron chi connectivity index (χ0n) is 16.5. The first-order chi connectivity index (χ1) is 13.7. The molecule has 3 amide bonds. The van der Waals surface area contributed by atoms with Crippen LogP contribution in [0.1, 0.15) is 41.5 Å². The van der Waals surface area contributed by atoms with Gasteiger partial charge in [-0.2, -0.15) is 0 Å². The Morgan fingerprint density at radius 2 is 1.72 bits per heavy atom. The molecule has 2 aromatic rings. The van der Waals surface area contributed by atoms with Gasteiger partial charge in [-0.15, -0.1) is 6.42 Å². The third-order valence-electron chi connectivity index (χ3n) is 3.54. The van der Waals surface area contributed by atoms with E-state index in [1.807, 2.05) is 0 Å². The molecule has 7 nitrogen and oxygen atoms in total. The fourth-order valence-corrected chi connectivity index (χ4v) is 2.37. The average Bonchev–Trinajstić information content (AvgIpc) is 2.65. The van der Waals surface area contributed by atoms with Crippen molar-refractivity contribution in [1.82, 2.24) is 5.32 Å². The van der Waals surface area contributed by atoms with Crippen molar-refractivity contribution in [2.45, 2.75) is 26.4 Å². The lowest BCUT2D eigenvalue weighted by atomic mass is 10.1. The summed E-state index contributed by atoms with van der Waals surface area (Å²) in [7, 11) is 0. The van der Waals surface area contributed by atoms with E-state index in [1.165, 1.54) is 6.07 Å². The van der Waals surface area contributed by atoms with Gasteiger partial charge in [0.05, 0.1) is 17.8 Å². The Balaban J connectivity index is 2.14. The highest BCUT2D eigenvalue weighted by molar-refractivity contribution is 6.09. The van der Waals surface area contributed by atoms with Crippen LogP contribution < -0.4 is 16.0 Å². The number of carbonyl (C=O) groups excluding carboxylic acids is 3. The lowest BCUT2D eigenvalue weighted by Crippen LogP contribution is -2.27. The van der Waals surface area contributed by atoms with Crippen molar-refractivity contribution >= 4 is 29.3 Å². The monoisotopic (exact) mass is 393 g/mol. The third-order valence-corrected chi connectivity index (χ3v) is 3.54. The maximum absolute atomic E-state index is 12.7. The van der Waals surface area contributed by atoms with Crippen molar-refractivity contribution in [3.8, 4) is 12.3 Å². The highest BCUT2D eigenvalue weighted by Gasteiger charge is 2.17. The normalized spacial score (nSPS) is 10.4. The zero-order valence-corrected chi connectivity index (χ0v) is 16.5. The van der Waals surface area contributed by atoms with Crippen LogP contribution in [-0.4, -0.2) is 30.1 Å². The number of hydrogen-bond donors (Lipinski definition) is 3. The first-order valence-electron chi connectivity index (χ1n) is 8.92. The van der Waals surface area contributed by atoms with Gasteiger partial charge < -0.3 is 15.4 Å². The molecule has 2 rings (SSSR count). The first kappa shape index (κ1) is 21.5. The number of para-hydroxylation sites is 1. The van der Waals surface area contributed by atoms with Crippen molar-refractivity contribution in [3.63, 3.8) is 0 Å². The molecule has 0 radical (unpaired) electrons. The summed E-state index contributed by atoms with van der Waals surface area (Å²) < 4.78 is 5.20. The molecule has 0 bridgehead atoms. The van der Waals surface area contributed by atoms with E-state index in [2.05, 4.69) is 21.9 Å². The van der Waals surface area contributed by atoms with E-state index in [4.69, 9.17) is 11.2 Å². The lowest BCUT2D eigenvalue weighted by molar-refractivity contribution is 0.0635. The maximum atomic E-state index is 12.7. The van der Waals surface area contributed by atoms with E-state index in [0.29, 0.717) is 22.5 Å². The second-order valence-electron chi connectivity index (χ2n) is 7.09. The molecule has 0 saturated carbocycles. The summed E-state index contributed by atoms with van der Waals surface area (Å²) in [5, 5.41) is 7.86. The summed E-state index contributed by atoms with van der Waals surface area (Å²) in [6.07, 6.45) is 4.54. The van der Waals surface area contributed by atoms with Crippen molar-refractivity contribution in [2.75, 3.05) is 17.2 Å². The highest BCUT2D eigenvalue weighted by Crippen LogP contribution is 2.18. The maximum Gasteiger partial charge on any atom is 0.412 e. The van der Waals surface area contributed by atoms with Gasteiger partial charge >= 0.3 is 6.09 Å². The molecule has 2 aromatic carbocycles. The van der Waals surface area contributed by atoms with Gasteiger partial charge in [-0.05, 0) is 51.1 Å². The molecule has 0 aliphatic carbocycles. The number of terminal acetylenes is 1. The first-order valence-corrected chi connectivity index (χ1v) is 8.92. The molecule has 0 spiro atoms. The zero-order chi connectivity index (χ0) is 21.4. The van der Waals surface area contributed by atoms with Gasteiger partial charge in [0.1, 0.15) is 5.60 Å². The average molecular weight is 393 g/mol. The van der Waals surface area contributed by atoms with Crippen molar-refractivity contribution in [1.29, 1.82) is 0 Å². The second kappa shape index (κ2) is 9.42.